The van der Waals surface area contributed by atoms with E-state index in [1.54, 1.807) is 19.3 Å². The fourth-order valence-electron chi connectivity index (χ4n) is 3.36. The van der Waals surface area contributed by atoms with Gasteiger partial charge in [0.1, 0.15) is 17.0 Å². The zero-order valence-corrected chi connectivity index (χ0v) is 16.1. The Morgan fingerprint density at radius 1 is 1.27 bits per heavy atom. The number of halogens is 3. The molecule has 0 bridgehead atoms. The summed E-state index contributed by atoms with van der Waals surface area (Å²) in [5.41, 5.74) is 0.628. The van der Waals surface area contributed by atoms with Gasteiger partial charge in [-0.2, -0.15) is 5.10 Å². The number of carbonyl (C=O) groups is 1. The Labute approximate surface area is 170 Å². The van der Waals surface area contributed by atoms with Gasteiger partial charge in [-0.3, -0.25) is 9.48 Å². The average Bonchev–Trinajstić information content (AvgIpc) is 3.04. The number of amides is 1. The van der Waals surface area contributed by atoms with Crippen LogP contribution in [0.15, 0.2) is 30.7 Å². The maximum absolute atomic E-state index is 14.1. The van der Waals surface area contributed by atoms with Crippen molar-refractivity contribution in [1.82, 2.24) is 25.1 Å². The zero-order valence-electron chi connectivity index (χ0n) is 16.1. The van der Waals surface area contributed by atoms with Crippen molar-refractivity contribution >= 4 is 28.3 Å². The van der Waals surface area contributed by atoms with E-state index in [0.29, 0.717) is 36.5 Å². The van der Waals surface area contributed by atoms with E-state index in [4.69, 9.17) is 0 Å². The fourth-order valence-corrected chi connectivity index (χ4v) is 3.36. The standard InChI is InChI=1S/C19H20F3N7O/c1-28-10-12-2-13(3-14(20)18(12)27-28)26-19(30)15-5-25-17(7-24-15)29-8-11(9-29)4-23-6-16(21)22/h2-3,5,7,10-11,16,23H,4,6,8-9H2,1H3,(H,26,30). The predicted octanol–water partition coefficient (Wildman–Crippen LogP) is 2.05. The van der Waals surface area contributed by atoms with Crippen LogP contribution < -0.4 is 15.5 Å². The largest absolute Gasteiger partial charge is 0.355 e. The molecular weight excluding hydrogens is 399 g/mol. The number of carbonyl (C=O) groups excluding carboxylic acids is 1. The van der Waals surface area contributed by atoms with Gasteiger partial charge in [-0.05, 0) is 12.1 Å². The molecule has 0 spiro atoms. The van der Waals surface area contributed by atoms with E-state index in [9.17, 15) is 18.0 Å². The summed E-state index contributed by atoms with van der Waals surface area (Å²) >= 11 is 0. The Kier molecular flexibility index (Phi) is 5.53. The molecule has 0 aliphatic carbocycles. The van der Waals surface area contributed by atoms with Crippen LogP contribution >= 0.6 is 0 Å². The maximum atomic E-state index is 14.1. The molecule has 1 aliphatic rings. The van der Waals surface area contributed by atoms with Crippen molar-refractivity contribution in [3.05, 3.63) is 42.2 Å². The third kappa shape index (κ3) is 4.35. The number of nitrogens with one attached hydrogen (secondary N) is 2. The molecule has 0 atom stereocenters. The van der Waals surface area contributed by atoms with Gasteiger partial charge in [-0.1, -0.05) is 0 Å². The van der Waals surface area contributed by atoms with Crippen molar-refractivity contribution < 1.29 is 18.0 Å². The van der Waals surface area contributed by atoms with Gasteiger partial charge < -0.3 is 15.5 Å². The number of nitrogens with zero attached hydrogens (tertiary/aromatic N) is 5. The molecule has 30 heavy (non-hydrogen) atoms. The Morgan fingerprint density at radius 3 is 2.77 bits per heavy atom. The van der Waals surface area contributed by atoms with Crippen LogP contribution in [0, 0.1) is 11.7 Å². The molecule has 2 aromatic heterocycles. The lowest BCUT2D eigenvalue weighted by molar-refractivity contribution is 0.102. The van der Waals surface area contributed by atoms with Crippen LogP contribution in [0.25, 0.3) is 10.9 Å². The number of hydrogen-bond donors (Lipinski definition) is 2. The first-order chi connectivity index (χ1) is 14.4. The first-order valence-electron chi connectivity index (χ1n) is 9.39. The first-order valence-corrected chi connectivity index (χ1v) is 9.39. The monoisotopic (exact) mass is 419 g/mol. The van der Waals surface area contributed by atoms with Crippen LogP contribution in [-0.2, 0) is 7.05 Å². The number of benzene rings is 1. The van der Waals surface area contributed by atoms with Crippen LogP contribution in [0.1, 0.15) is 10.5 Å². The SMILES string of the molecule is Cn1cc2cc(NC(=O)c3cnc(N4CC(CNCC(F)F)C4)cn3)cc(F)c2n1. The number of aromatic nitrogens is 4. The van der Waals surface area contributed by atoms with Gasteiger partial charge in [0.25, 0.3) is 12.3 Å². The summed E-state index contributed by atoms with van der Waals surface area (Å²) in [7, 11) is 1.69. The summed E-state index contributed by atoms with van der Waals surface area (Å²) in [6.45, 7) is 1.58. The van der Waals surface area contributed by atoms with Gasteiger partial charge in [0.15, 0.2) is 5.82 Å². The van der Waals surface area contributed by atoms with Crippen LogP contribution in [0.5, 0.6) is 0 Å². The summed E-state index contributed by atoms with van der Waals surface area (Å²) < 4.78 is 39.9. The van der Waals surface area contributed by atoms with Crippen LogP contribution in [0.2, 0.25) is 0 Å². The van der Waals surface area contributed by atoms with E-state index in [1.807, 2.05) is 4.90 Å². The summed E-state index contributed by atoms with van der Waals surface area (Å²) in [6.07, 6.45) is 2.15. The molecule has 8 nitrogen and oxygen atoms in total. The van der Waals surface area contributed by atoms with E-state index < -0.39 is 18.1 Å². The van der Waals surface area contributed by atoms with Gasteiger partial charge in [-0.15, -0.1) is 0 Å². The normalized spacial score (nSPS) is 14.4. The zero-order chi connectivity index (χ0) is 21.3. The summed E-state index contributed by atoms with van der Waals surface area (Å²) in [5.74, 6) is -0.153. The van der Waals surface area contributed by atoms with E-state index in [1.165, 1.54) is 23.1 Å². The maximum Gasteiger partial charge on any atom is 0.275 e. The third-order valence-corrected chi connectivity index (χ3v) is 4.82. The smallest absolute Gasteiger partial charge is 0.275 e. The van der Waals surface area contributed by atoms with Crippen molar-refractivity contribution in [2.75, 3.05) is 36.4 Å². The number of anilines is 2. The third-order valence-electron chi connectivity index (χ3n) is 4.82. The molecule has 1 amide bonds. The summed E-state index contributed by atoms with van der Waals surface area (Å²) in [5, 5.41) is 9.94. The van der Waals surface area contributed by atoms with Gasteiger partial charge in [0, 0.05) is 49.9 Å². The molecule has 0 unspecified atom stereocenters. The molecule has 2 N–H and O–H groups in total. The number of rotatable bonds is 7. The minimum Gasteiger partial charge on any atom is -0.355 e. The van der Waals surface area contributed by atoms with E-state index in [-0.39, 0.29) is 23.7 Å². The second kappa shape index (κ2) is 8.27. The lowest BCUT2D eigenvalue weighted by Gasteiger charge is -2.40. The Hall–Kier alpha value is -3.21. The second-order valence-corrected chi connectivity index (χ2v) is 7.23. The first kappa shape index (κ1) is 20.1. The number of alkyl halides is 2. The molecule has 0 radical (unpaired) electrons. The summed E-state index contributed by atoms with van der Waals surface area (Å²) in [6, 6.07) is 2.84. The van der Waals surface area contributed by atoms with Crippen LogP contribution in [0.4, 0.5) is 24.7 Å². The average molecular weight is 419 g/mol. The molecular formula is C19H20F3N7O. The lowest BCUT2D eigenvalue weighted by atomic mass is 10.0. The van der Waals surface area contributed by atoms with Crippen molar-refractivity contribution in [3.8, 4) is 0 Å². The molecule has 0 saturated carbocycles. The Bertz CT molecular complexity index is 1050. The minimum atomic E-state index is -2.35. The van der Waals surface area contributed by atoms with Crippen molar-refractivity contribution in [1.29, 1.82) is 0 Å². The Morgan fingerprint density at radius 2 is 2.07 bits per heavy atom. The molecule has 4 rings (SSSR count). The molecule has 3 aromatic rings. The molecule has 1 aliphatic heterocycles. The number of aryl methyl sites for hydroxylation is 1. The van der Waals surface area contributed by atoms with E-state index in [2.05, 4.69) is 25.7 Å². The van der Waals surface area contributed by atoms with E-state index in [0.717, 1.165) is 0 Å². The van der Waals surface area contributed by atoms with Gasteiger partial charge in [0.2, 0.25) is 0 Å². The van der Waals surface area contributed by atoms with Crippen LogP contribution in [-0.4, -0.2) is 58.3 Å². The molecule has 1 fully saturated rings. The van der Waals surface area contributed by atoms with Crippen molar-refractivity contribution in [2.45, 2.75) is 6.43 Å². The topological polar surface area (TPSA) is 88.0 Å². The van der Waals surface area contributed by atoms with Gasteiger partial charge in [0.05, 0.1) is 18.9 Å². The molecule has 11 heteroatoms. The lowest BCUT2D eigenvalue weighted by Crippen LogP contribution is -2.51. The molecule has 3 heterocycles. The Balaban J connectivity index is 1.34. The fraction of sp³-hybridized carbons (Fsp3) is 0.368. The van der Waals surface area contributed by atoms with Gasteiger partial charge in [-0.25, -0.2) is 23.1 Å². The predicted molar refractivity (Wildman–Crippen MR) is 105 cm³/mol. The highest BCUT2D eigenvalue weighted by atomic mass is 19.3. The highest BCUT2D eigenvalue weighted by molar-refractivity contribution is 6.03. The molecule has 158 valence electrons. The van der Waals surface area contributed by atoms with Crippen LogP contribution in [0.3, 0.4) is 0 Å². The van der Waals surface area contributed by atoms with E-state index >= 15 is 0 Å². The molecule has 1 aromatic carbocycles. The highest BCUT2D eigenvalue weighted by Crippen LogP contribution is 2.23. The summed E-state index contributed by atoms with van der Waals surface area (Å²) in [4.78, 5) is 22.8. The quantitative estimate of drug-likeness (QED) is 0.610. The number of fused-ring (bicyclic) bond motifs is 1. The van der Waals surface area contributed by atoms with Gasteiger partial charge >= 0.3 is 0 Å². The highest BCUT2D eigenvalue weighted by Gasteiger charge is 2.28. The second-order valence-electron chi connectivity index (χ2n) is 7.23. The molecule has 1 saturated heterocycles. The van der Waals surface area contributed by atoms with Crippen molar-refractivity contribution in [2.24, 2.45) is 13.0 Å². The minimum absolute atomic E-state index is 0.0983. The van der Waals surface area contributed by atoms with Crippen molar-refractivity contribution in [3.63, 3.8) is 0 Å². The number of hydrogen-bond acceptors (Lipinski definition) is 6.